The maximum atomic E-state index is 11.1. The molecule has 92 valence electrons. The molecule has 0 saturated heterocycles. The average Bonchev–Trinajstić information content (AvgIpc) is 2.56. The Bertz CT molecular complexity index is 438. The molecule has 0 aromatic carbocycles. The molecule has 2 N–H and O–H groups in total. The van der Waals surface area contributed by atoms with Crippen molar-refractivity contribution in [3.8, 4) is 0 Å². The molecule has 1 rings (SSSR count). The van der Waals surface area contributed by atoms with E-state index in [-0.39, 0.29) is 5.75 Å². The monoisotopic (exact) mass is 246 g/mol. The van der Waals surface area contributed by atoms with Gasteiger partial charge in [-0.3, -0.25) is 4.68 Å². The fourth-order valence-corrected chi connectivity index (χ4v) is 1.87. The van der Waals surface area contributed by atoms with Crippen LogP contribution in [-0.2, 0) is 23.6 Å². The predicted octanol–water partition coefficient (Wildman–Crippen LogP) is -0.633. The van der Waals surface area contributed by atoms with Gasteiger partial charge in [0.2, 0.25) is 10.0 Å². The van der Waals surface area contributed by atoms with Crippen molar-refractivity contribution in [3.05, 3.63) is 17.5 Å². The molecular weight excluding hydrogens is 228 g/mol. The Morgan fingerprint density at radius 3 is 2.69 bits per heavy atom. The molecule has 0 spiro atoms. The third-order valence-corrected chi connectivity index (χ3v) is 3.87. The van der Waals surface area contributed by atoms with Crippen molar-refractivity contribution in [1.29, 1.82) is 0 Å². The first kappa shape index (κ1) is 13.1. The lowest BCUT2D eigenvalue weighted by molar-refractivity contribution is 0.583. The molecule has 1 aromatic rings. The maximum Gasteiger partial charge on any atom is 0.212 e. The lowest BCUT2D eigenvalue weighted by Crippen LogP contribution is -2.29. The summed E-state index contributed by atoms with van der Waals surface area (Å²) in [7, 11) is 0.184. The topological polar surface area (TPSA) is 76.0 Å². The number of rotatable bonds is 6. The molecule has 1 aromatic heterocycles. The number of hydrogen-bond donors (Lipinski definition) is 2. The highest BCUT2D eigenvalue weighted by atomic mass is 32.2. The van der Waals surface area contributed by atoms with E-state index >= 15 is 0 Å². The van der Waals surface area contributed by atoms with Crippen molar-refractivity contribution in [2.75, 3.05) is 19.3 Å². The third kappa shape index (κ3) is 3.58. The summed E-state index contributed by atoms with van der Waals surface area (Å²) in [6, 6.07) is 0. The van der Waals surface area contributed by atoms with E-state index in [1.807, 2.05) is 14.0 Å². The van der Waals surface area contributed by atoms with Gasteiger partial charge in [-0.05, 0) is 14.0 Å². The molecule has 0 fully saturated rings. The Morgan fingerprint density at radius 1 is 1.50 bits per heavy atom. The molecule has 6 nitrogen and oxygen atoms in total. The summed E-state index contributed by atoms with van der Waals surface area (Å²) in [6.07, 6.45) is 1.79. The van der Waals surface area contributed by atoms with Crippen molar-refractivity contribution in [1.82, 2.24) is 19.8 Å². The van der Waals surface area contributed by atoms with Gasteiger partial charge in [0.15, 0.2) is 0 Å². The quantitative estimate of drug-likeness (QED) is 0.655. The van der Waals surface area contributed by atoms with Crippen LogP contribution in [0, 0.1) is 6.92 Å². The van der Waals surface area contributed by atoms with Gasteiger partial charge in [0.25, 0.3) is 0 Å². The van der Waals surface area contributed by atoms with E-state index in [9.17, 15) is 8.42 Å². The van der Waals surface area contributed by atoms with Gasteiger partial charge in [-0.15, -0.1) is 0 Å². The molecule has 0 aliphatic carbocycles. The Kier molecular flexibility index (Phi) is 4.45. The molecule has 7 heteroatoms. The van der Waals surface area contributed by atoms with E-state index in [4.69, 9.17) is 0 Å². The van der Waals surface area contributed by atoms with Crippen LogP contribution < -0.4 is 10.0 Å². The minimum Gasteiger partial charge on any atom is -0.311 e. The number of aromatic nitrogens is 2. The molecule has 0 unspecified atom stereocenters. The predicted molar refractivity (Wildman–Crippen MR) is 62.5 cm³/mol. The van der Waals surface area contributed by atoms with Crippen LogP contribution in [0.15, 0.2) is 6.20 Å². The number of nitrogens with zero attached hydrogens (tertiary/aromatic N) is 2. The summed E-state index contributed by atoms with van der Waals surface area (Å²) in [5, 5.41) is 7.18. The molecule has 0 atom stereocenters. The summed E-state index contributed by atoms with van der Waals surface area (Å²) >= 11 is 0. The molecule has 16 heavy (non-hydrogen) atoms. The molecule has 0 bridgehead atoms. The first-order valence-corrected chi connectivity index (χ1v) is 6.71. The number of nitrogens with one attached hydrogen (secondary N) is 2. The SMILES string of the molecule is CNS(=O)(=O)CCNCc1cnn(C)c1C. The molecule has 0 saturated carbocycles. The molecule has 0 aliphatic rings. The van der Waals surface area contributed by atoms with E-state index in [1.165, 1.54) is 7.05 Å². The first-order chi connectivity index (χ1) is 7.46. The van der Waals surface area contributed by atoms with Gasteiger partial charge >= 0.3 is 0 Å². The van der Waals surface area contributed by atoms with Crippen LogP contribution in [0.2, 0.25) is 0 Å². The van der Waals surface area contributed by atoms with Gasteiger partial charge in [-0.2, -0.15) is 5.10 Å². The van der Waals surface area contributed by atoms with Crippen LogP contribution in [0.3, 0.4) is 0 Å². The van der Waals surface area contributed by atoms with Crippen molar-refractivity contribution in [3.63, 3.8) is 0 Å². The number of hydrogen-bond acceptors (Lipinski definition) is 4. The normalized spacial score (nSPS) is 11.9. The van der Waals surface area contributed by atoms with Gasteiger partial charge < -0.3 is 5.32 Å². The molecule has 1 heterocycles. The van der Waals surface area contributed by atoms with Gasteiger partial charge in [0, 0.05) is 31.4 Å². The average molecular weight is 246 g/mol. The lowest BCUT2D eigenvalue weighted by Gasteiger charge is -2.05. The van der Waals surface area contributed by atoms with E-state index in [1.54, 1.807) is 10.9 Å². The molecular formula is C9H18N4O2S. The van der Waals surface area contributed by atoms with Crippen LogP contribution in [-0.4, -0.2) is 37.5 Å². The smallest absolute Gasteiger partial charge is 0.212 e. The second-order valence-electron chi connectivity index (χ2n) is 3.58. The molecule has 0 aliphatic heterocycles. The number of aryl methyl sites for hydroxylation is 1. The van der Waals surface area contributed by atoms with Crippen molar-refractivity contribution >= 4 is 10.0 Å². The minimum atomic E-state index is -3.11. The van der Waals surface area contributed by atoms with Crippen LogP contribution in [0.25, 0.3) is 0 Å². The van der Waals surface area contributed by atoms with Crippen LogP contribution in [0.1, 0.15) is 11.3 Å². The van der Waals surface area contributed by atoms with Crippen molar-refractivity contribution in [2.45, 2.75) is 13.5 Å². The first-order valence-electron chi connectivity index (χ1n) is 5.05. The fraction of sp³-hybridized carbons (Fsp3) is 0.667. The Balaban J connectivity index is 2.34. The Labute approximate surface area is 96.1 Å². The van der Waals surface area contributed by atoms with E-state index < -0.39 is 10.0 Å². The van der Waals surface area contributed by atoms with E-state index in [0.717, 1.165) is 11.3 Å². The zero-order valence-corrected chi connectivity index (χ0v) is 10.6. The van der Waals surface area contributed by atoms with Crippen molar-refractivity contribution < 1.29 is 8.42 Å². The summed E-state index contributed by atoms with van der Waals surface area (Å²) in [6.45, 7) is 3.05. The highest BCUT2D eigenvalue weighted by Crippen LogP contribution is 2.04. The minimum absolute atomic E-state index is 0.0861. The number of sulfonamides is 1. The lowest BCUT2D eigenvalue weighted by atomic mass is 10.2. The highest BCUT2D eigenvalue weighted by Gasteiger charge is 2.06. The standard InChI is InChI=1S/C9H18N4O2S/c1-8-9(7-12-13(8)3)6-11-4-5-16(14,15)10-2/h7,10-11H,4-6H2,1-3H3. The summed E-state index contributed by atoms with van der Waals surface area (Å²) in [5.74, 6) is 0.0861. The van der Waals surface area contributed by atoms with E-state index in [0.29, 0.717) is 13.1 Å². The van der Waals surface area contributed by atoms with E-state index in [2.05, 4.69) is 15.1 Å². The second kappa shape index (κ2) is 5.42. The summed E-state index contributed by atoms with van der Waals surface area (Å²) in [5.41, 5.74) is 2.17. The third-order valence-electron chi connectivity index (χ3n) is 2.51. The maximum absolute atomic E-state index is 11.1. The zero-order chi connectivity index (χ0) is 12.2. The van der Waals surface area contributed by atoms with Crippen LogP contribution >= 0.6 is 0 Å². The largest absolute Gasteiger partial charge is 0.311 e. The molecule has 0 amide bonds. The second-order valence-corrected chi connectivity index (χ2v) is 5.62. The van der Waals surface area contributed by atoms with Gasteiger partial charge in [-0.1, -0.05) is 0 Å². The van der Waals surface area contributed by atoms with Crippen molar-refractivity contribution in [2.24, 2.45) is 7.05 Å². The highest BCUT2D eigenvalue weighted by molar-refractivity contribution is 7.89. The Hall–Kier alpha value is -0.920. The van der Waals surface area contributed by atoms with Gasteiger partial charge in [0.05, 0.1) is 11.9 Å². The van der Waals surface area contributed by atoms with Crippen LogP contribution in [0.4, 0.5) is 0 Å². The summed E-state index contributed by atoms with van der Waals surface area (Å²) < 4.78 is 26.3. The zero-order valence-electron chi connectivity index (χ0n) is 9.82. The Morgan fingerprint density at radius 2 is 2.19 bits per heavy atom. The van der Waals surface area contributed by atoms with Gasteiger partial charge in [0.1, 0.15) is 0 Å². The molecule has 0 radical (unpaired) electrons. The van der Waals surface area contributed by atoms with Crippen LogP contribution in [0.5, 0.6) is 0 Å². The fourth-order valence-electron chi connectivity index (χ4n) is 1.25. The summed E-state index contributed by atoms with van der Waals surface area (Å²) in [4.78, 5) is 0. The van der Waals surface area contributed by atoms with Gasteiger partial charge in [-0.25, -0.2) is 13.1 Å².